The van der Waals surface area contributed by atoms with E-state index in [0.29, 0.717) is 0 Å². The Morgan fingerprint density at radius 2 is 2.15 bits per heavy atom. The molecule has 13 heavy (non-hydrogen) atoms. The van der Waals surface area contributed by atoms with Gasteiger partial charge in [0, 0.05) is 13.8 Å². The number of hydrogen-bond acceptors (Lipinski definition) is 5. The number of rotatable bonds is 2. The molecule has 0 aromatic rings. The van der Waals surface area contributed by atoms with Gasteiger partial charge < -0.3 is 14.2 Å². The summed E-state index contributed by atoms with van der Waals surface area (Å²) >= 11 is 0. The summed E-state index contributed by atoms with van der Waals surface area (Å²) in [5.41, 5.74) is 0. The molecule has 1 aliphatic rings. The Bertz CT molecular complexity index is 255. The van der Waals surface area contributed by atoms with E-state index < -0.39 is 18.2 Å². The topological polar surface area (TPSA) is 61.8 Å². The Kier molecular flexibility index (Phi) is 3.02. The largest absolute Gasteiger partial charge is 0.428 e. The van der Waals surface area contributed by atoms with Crippen molar-refractivity contribution in [1.82, 2.24) is 0 Å². The molecule has 5 heteroatoms. The Hall–Kier alpha value is -1.36. The van der Waals surface area contributed by atoms with E-state index in [9.17, 15) is 9.59 Å². The standard InChI is InChI=1S/C8H10O5/c1-5(9)12-7-3-4-11-8(7)13-6(2)10/h3,8H,4H2,1-2H3. The van der Waals surface area contributed by atoms with Gasteiger partial charge in [-0.3, -0.25) is 9.59 Å². The maximum absolute atomic E-state index is 10.6. The van der Waals surface area contributed by atoms with Crippen LogP contribution >= 0.6 is 0 Å². The van der Waals surface area contributed by atoms with E-state index >= 15 is 0 Å². The molecule has 0 aromatic heterocycles. The van der Waals surface area contributed by atoms with Gasteiger partial charge in [0.2, 0.25) is 0 Å². The highest BCUT2D eigenvalue weighted by molar-refractivity contribution is 5.68. The Labute approximate surface area is 75.3 Å². The lowest BCUT2D eigenvalue weighted by Gasteiger charge is -2.12. The zero-order valence-electron chi connectivity index (χ0n) is 7.40. The highest BCUT2D eigenvalue weighted by atomic mass is 16.7. The van der Waals surface area contributed by atoms with Crippen molar-refractivity contribution in [2.75, 3.05) is 6.61 Å². The second-order valence-electron chi connectivity index (χ2n) is 2.47. The van der Waals surface area contributed by atoms with Gasteiger partial charge in [-0.2, -0.15) is 0 Å². The molecule has 0 fully saturated rings. The molecule has 1 rings (SSSR count). The normalized spacial score (nSPS) is 20.8. The van der Waals surface area contributed by atoms with Crippen LogP contribution in [0.5, 0.6) is 0 Å². The molecule has 5 nitrogen and oxygen atoms in total. The molecule has 0 aromatic carbocycles. The average molecular weight is 186 g/mol. The summed E-state index contributed by atoms with van der Waals surface area (Å²) in [5.74, 6) is -0.707. The zero-order chi connectivity index (χ0) is 9.84. The van der Waals surface area contributed by atoms with E-state index in [-0.39, 0.29) is 12.4 Å². The molecule has 1 heterocycles. The smallest absolute Gasteiger partial charge is 0.307 e. The number of hydrogen-bond donors (Lipinski definition) is 0. The van der Waals surface area contributed by atoms with Crippen molar-refractivity contribution in [3.05, 3.63) is 11.8 Å². The van der Waals surface area contributed by atoms with Crippen LogP contribution in [0.4, 0.5) is 0 Å². The second kappa shape index (κ2) is 4.04. The molecule has 1 aliphatic heterocycles. The molecule has 0 amide bonds. The van der Waals surface area contributed by atoms with Gasteiger partial charge in [-0.05, 0) is 6.08 Å². The molecular formula is C8H10O5. The van der Waals surface area contributed by atoms with Crippen molar-refractivity contribution in [2.45, 2.75) is 20.1 Å². The summed E-state index contributed by atoms with van der Waals surface area (Å²) < 4.78 is 14.4. The first-order valence-electron chi connectivity index (χ1n) is 3.77. The lowest BCUT2D eigenvalue weighted by atomic mass is 10.5. The van der Waals surface area contributed by atoms with Crippen molar-refractivity contribution in [1.29, 1.82) is 0 Å². The third kappa shape index (κ3) is 2.87. The van der Waals surface area contributed by atoms with Gasteiger partial charge in [-0.1, -0.05) is 0 Å². The van der Waals surface area contributed by atoms with Gasteiger partial charge in [0.15, 0.2) is 5.76 Å². The minimum absolute atomic E-state index is 0.239. The van der Waals surface area contributed by atoms with Crippen molar-refractivity contribution in [2.24, 2.45) is 0 Å². The lowest BCUT2D eigenvalue weighted by molar-refractivity contribution is -0.171. The first-order valence-corrected chi connectivity index (χ1v) is 3.77. The number of carbonyl (C=O) groups is 2. The molecule has 0 saturated carbocycles. The molecule has 0 spiro atoms. The summed E-state index contributed by atoms with van der Waals surface area (Å²) in [6.45, 7) is 2.80. The van der Waals surface area contributed by atoms with E-state index in [0.717, 1.165) is 0 Å². The van der Waals surface area contributed by atoms with Gasteiger partial charge in [-0.15, -0.1) is 0 Å². The summed E-state index contributed by atoms with van der Waals surface area (Å²) in [4.78, 5) is 21.1. The molecule has 0 bridgehead atoms. The first-order chi connectivity index (χ1) is 6.09. The van der Waals surface area contributed by atoms with Crippen molar-refractivity contribution in [3.8, 4) is 0 Å². The van der Waals surface area contributed by atoms with Crippen LogP contribution in [0.25, 0.3) is 0 Å². The van der Waals surface area contributed by atoms with Crippen LogP contribution in [-0.2, 0) is 23.8 Å². The van der Waals surface area contributed by atoms with Gasteiger partial charge in [-0.25, -0.2) is 0 Å². The SMILES string of the molecule is CC(=O)OC1=CCOC1OC(C)=O. The molecule has 0 saturated heterocycles. The van der Waals surface area contributed by atoms with Crippen LogP contribution in [0.1, 0.15) is 13.8 Å². The Balaban J connectivity index is 2.52. The third-order valence-corrected chi connectivity index (χ3v) is 1.30. The van der Waals surface area contributed by atoms with Crippen molar-refractivity contribution < 1.29 is 23.8 Å². The fraction of sp³-hybridized carbons (Fsp3) is 0.500. The average Bonchev–Trinajstić information content (AvgIpc) is 2.34. The number of ether oxygens (including phenoxy) is 3. The molecule has 1 unspecified atom stereocenters. The van der Waals surface area contributed by atoms with Gasteiger partial charge >= 0.3 is 11.9 Å². The Morgan fingerprint density at radius 3 is 2.69 bits per heavy atom. The lowest BCUT2D eigenvalue weighted by Crippen LogP contribution is -2.20. The van der Waals surface area contributed by atoms with Crippen LogP contribution in [0, 0.1) is 0 Å². The maximum Gasteiger partial charge on any atom is 0.307 e. The molecular weight excluding hydrogens is 176 g/mol. The summed E-state index contributed by atoms with van der Waals surface area (Å²) in [6, 6.07) is 0. The second-order valence-corrected chi connectivity index (χ2v) is 2.47. The summed E-state index contributed by atoms with van der Waals surface area (Å²) in [5, 5.41) is 0. The Morgan fingerprint density at radius 1 is 1.46 bits per heavy atom. The monoisotopic (exact) mass is 186 g/mol. The van der Waals surface area contributed by atoms with Gasteiger partial charge in [0.25, 0.3) is 6.29 Å². The molecule has 0 N–H and O–H groups in total. The van der Waals surface area contributed by atoms with Crippen LogP contribution < -0.4 is 0 Å². The van der Waals surface area contributed by atoms with Crippen LogP contribution in [0.15, 0.2) is 11.8 Å². The van der Waals surface area contributed by atoms with Gasteiger partial charge in [0.1, 0.15) is 0 Å². The first kappa shape index (κ1) is 9.73. The number of esters is 2. The highest BCUT2D eigenvalue weighted by Gasteiger charge is 2.25. The van der Waals surface area contributed by atoms with Crippen LogP contribution in [0.3, 0.4) is 0 Å². The highest BCUT2D eigenvalue weighted by Crippen LogP contribution is 2.17. The zero-order valence-corrected chi connectivity index (χ0v) is 7.40. The van der Waals surface area contributed by atoms with E-state index in [1.807, 2.05) is 0 Å². The third-order valence-electron chi connectivity index (χ3n) is 1.30. The molecule has 0 radical (unpaired) electrons. The predicted octanol–water partition coefficient (Wildman–Crippen LogP) is 0.353. The molecule has 1 atom stereocenters. The summed E-state index contributed by atoms with van der Waals surface area (Å²) in [6.07, 6.45) is 0.677. The van der Waals surface area contributed by atoms with Crippen molar-refractivity contribution in [3.63, 3.8) is 0 Å². The maximum atomic E-state index is 10.6. The fourth-order valence-corrected chi connectivity index (χ4v) is 0.895. The molecule has 0 aliphatic carbocycles. The minimum atomic E-state index is -0.874. The van der Waals surface area contributed by atoms with Crippen molar-refractivity contribution >= 4 is 11.9 Å². The molecule has 72 valence electrons. The van der Waals surface area contributed by atoms with E-state index in [1.54, 1.807) is 6.08 Å². The van der Waals surface area contributed by atoms with E-state index in [4.69, 9.17) is 14.2 Å². The van der Waals surface area contributed by atoms with Crippen LogP contribution in [0.2, 0.25) is 0 Å². The predicted molar refractivity (Wildman–Crippen MR) is 41.4 cm³/mol. The summed E-state index contributed by atoms with van der Waals surface area (Å²) in [7, 11) is 0. The number of carbonyl (C=O) groups excluding carboxylic acids is 2. The minimum Gasteiger partial charge on any atom is -0.428 e. The van der Waals surface area contributed by atoms with E-state index in [2.05, 4.69) is 0 Å². The fourth-order valence-electron chi connectivity index (χ4n) is 0.895. The quantitative estimate of drug-likeness (QED) is 0.582. The van der Waals surface area contributed by atoms with Crippen LogP contribution in [-0.4, -0.2) is 24.8 Å². The van der Waals surface area contributed by atoms with E-state index in [1.165, 1.54) is 13.8 Å². The van der Waals surface area contributed by atoms with Gasteiger partial charge in [0.05, 0.1) is 6.61 Å².